The van der Waals surface area contributed by atoms with Crippen LogP contribution >= 0.6 is 0 Å². The van der Waals surface area contributed by atoms with Crippen molar-refractivity contribution >= 4 is 5.97 Å². The highest BCUT2D eigenvalue weighted by Crippen LogP contribution is 2.28. The summed E-state index contributed by atoms with van der Waals surface area (Å²) in [6.07, 6.45) is 4.08. The van der Waals surface area contributed by atoms with Gasteiger partial charge in [-0.15, -0.1) is 0 Å². The van der Waals surface area contributed by atoms with Crippen molar-refractivity contribution in [3.8, 4) is 0 Å². The van der Waals surface area contributed by atoms with Crippen LogP contribution in [-0.4, -0.2) is 11.1 Å². The van der Waals surface area contributed by atoms with Crippen LogP contribution in [0.4, 0.5) is 0 Å². The number of carboxylic acids is 1. The summed E-state index contributed by atoms with van der Waals surface area (Å²) in [5.41, 5.74) is 0. The monoisotopic (exact) mass is 142 g/mol. The minimum Gasteiger partial charge on any atom is -0.481 e. The molecule has 0 heterocycles. The third kappa shape index (κ3) is 1.72. The third-order valence-corrected chi connectivity index (χ3v) is 2.29. The Bertz CT molecular complexity index is 131. The van der Waals surface area contributed by atoms with E-state index in [1.807, 2.05) is 0 Å². The Morgan fingerprint density at radius 3 is 2.60 bits per heavy atom. The summed E-state index contributed by atoms with van der Waals surface area (Å²) in [5, 5.41) is 8.66. The molecule has 58 valence electrons. The SMILES string of the molecule is C[C@H]1CCC[C@H](C(=O)O)C1. The lowest BCUT2D eigenvalue weighted by molar-refractivity contribution is -0.143. The maximum Gasteiger partial charge on any atom is 0.306 e. The van der Waals surface area contributed by atoms with Crippen LogP contribution in [0.25, 0.3) is 0 Å². The number of carbonyl (C=O) groups is 1. The maximum atomic E-state index is 10.5. The highest BCUT2D eigenvalue weighted by atomic mass is 16.4. The third-order valence-electron chi connectivity index (χ3n) is 2.29. The van der Waals surface area contributed by atoms with Gasteiger partial charge in [-0.1, -0.05) is 19.8 Å². The summed E-state index contributed by atoms with van der Waals surface area (Å²) < 4.78 is 0. The molecule has 0 aromatic carbocycles. The zero-order valence-corrected chi connectivity index (χ0v) is 6.34. The molecule has 2 atom stereocenters. The van der Waals surface area contributed by atoms with Crippen LogP contribution < -0.4 is 0 Å². The lowest BCUT2D eigenvalue weighted by atomic mass is 9.83. The molecule has 2 nitrogen and oxygen atoms in total. The Balaban J connectivity index is 2.39. The molecule has 1 N–H and O–H groups in total. The molecule has 1 aliphatic carbocycles. The second-order valence-corrected chi connectivity index (χ2v) is 3.31. The van der Waals surface area contributed by atoms with Gasteiger partial charge in [-0.3, -0.25) is 4.79 Å². The largest absolute Gasteiger partial charge is 0.481 e. The molecule has 0 saturated heterocycles. The van der Waals surface area contributed by atoms with Crippen LogP contribution in [0, 0.1) is 11.8 Å². The number of carboxylic acid groups (broad SMARTS) is 1. The molecule has 0 unspecified atom stereocenters. The molecular weight excluding hydrogens is 128 g/mol. The van der Waals surface area contributed by atoms with Gasteiger partial charge < -0.3 is 5.11 Å². The zero-order valence-electron chi connectivity index (χ0n) is 6.34. The highest BCUT2D eigenvalue weighted by molar-refractivity contribution is 5.70. The predicted molar refractivity (Wildman–Crippen MR) is 38.8 cm³/mol. The van der Waals surface area contributed by atoms with Crippen LogP contribution in [0.1, 0.15) is 32.6 Å². The first-order chi connectivity index (χ1) is 4.70. The molecule has 0 aromatic rings. The molecule has 0 aliphatic heterocycles. The van der Waals surface area contributed by atoms with Gasteiger partial charge in [0.2, 0.25) is 0 Å². The van der Waals surface area contributed by atoms with Crippen molar-refractivity contribution < 1.29 is 9.90 Å². The molecule has 1 rings (SSSR count). The van der Waals surface area contributed by atoms with Crippen molar-refractivity contribution in [2.45, 2.75) is 32.6 Å². The second-order valence-electron chi connectivity index (χ2n) is 3.31. The lowest BCUT2D eigenvalue weighted by Crippen LogP contribution is -2.20. The summed E-state index contributed by atoms with van der Waals surface area (Å²) in [5.74, 6) is -0.0369. The van der Waals surface area contributed by atoms with Crippen molar-refractivity contribution in [3.05, 3.63) is 0 Å². The van der Waals surface area contributed by atoms with Gasteiger partial charge in [0.25, 0.3) is 0 Å². The standard InChI is InChI=1S/C8H14O2/c1-6-3-2-4-7(5-6)8(9)10/h6-7H,2-5H2,1H3,(H,9,10)/t6-,7-/m0/s1. The van der Waals surface area contributed by atoms with Crippen LogP contribution in [0.5, 0.6) is 0 Å². The molecule has 2 heteroatoms. The fourth-order valence-electron chi connectivity index (χ4n) is 1.66. The Kier molecular flexibility index (Phi) is 2.30. The van der Waals surface area contributed by atoms with Gasteiger partial charge >= 0.3 is 5.97 Å². The van der Waals surface area contributed by atoms with Crippen molar-refractivity contribution in [1.29, 1.82) is 0 Å². The summed E-state index contributed by atoms with van der Waals surface area (Å²) in [6.45, 7) is 2.13. The Morgan fingerprint density at radius 1 is 1.50 bits per heavy atom. The first-order valence-corrected chi connectivity index (χ1v) is 3.93. The van der Waals surface area contributed by atoms with Gasteiger partial charge in [0, 0.05) is 0 Å². The van der Waals surface area contributed by atoms with E-state index in [4.69, 9.17) is 5.11 Å². The molecule has 0 amide bonds. The van der Waals surface area contributed by atoms with E-state index in [1.165, 1.54) is 6.42 Å². The van der Waals surface area contributed by atoms with Crippen LogP contribution in [0.15, 0.2) is 0 Å². The lowest BCUT2D eigenvalue weighted by Gasteiger charge is -2.22. The van der Waals surface area contributed by atoms with Crippen molar-refractivity contribution in [2.24, 2.45) is 11.8 Å². The van der Waals surface area contributed by atoms with Gasteiger partial charge in [-0.2, -0.15) is 0 Å². The molecule has 0 bridgehead atoms. The molecule has 0 spiro atoms. The van der Waals surface area contributed by atoms with Crippen LogP contribution in [0.3, 0.4) is 0 Å². The van der Waals surface area contributed by atoms with E-state index in [-0.39, 0.29) is 5.92 Å². The predicted octanol–water partition coefficient (Wildman–Crippen LogP) is 1.90. The molecular formula is C8H14O2. The zero-order chi connectivity index (χ0) is 7.56. The van der Waals surface area contributed by atoms with E-state index in [0.29, 0.717) is 5.92 Å². The van der Waals surface area contributed by atoms with Crippen molar-refractivity contribution in [2.75, 3.05) is 0 Å². The Labute approximate surface area is 61.2 Å². The van der Waals surface area contributed by atoms with Crippen LogP contribution in [0.2, 0.25) is 0 Å². The normalized spacial score (nSPS) is 33.7. The number of aliphatic carboxylic acids is 1. The summed E-state index contributed by atoms with van der Waals surface area (Å²) in [4.78, 5) is 10.5. The molecule has 10 heavy (non-hydrogen) atoms. The van der Waals surface area contributed by atoms with Gasteiger partial charge in [0.05, 0.1) is 5.92 Å². The topological polar surface area (TPSA) is 37.3 Å². The molecule has 1 fully saturated rings. The van der Waals surface area contributed by atoms with Crippen molar-refractivity contribution in [1.82, 2.24) is 0 Å². The second kappa shape index (κ2) is 3.04. The van der Waals surface area contributed by atoms with Gasteiger partial charge in [0.15, 0.2) is 0 Å². The highest BCUT2D eigenvalue weighted by Gasteiger charge is 2.23. The quantitative estimate of drug-likeness (QED) is 0.607. The number of hydrogen-bond donors (Lipinski definition) is 1. The summed E-state index contributed by atoms with van der Waals surface area (Å²) >= 11 is 0. The minimum atomic E-state index is -0.605. The fourth-order valence-corrected chi connectivity index (χ4v) is 1.66. The molecule has 1 aliphatic rings. The molecule has 1 saturated carbocycles. The van der Waals surface area contributed by atoms with Gasteiger partial charge in [0.1, 0.15) is 0 Å². The Morgan fingerprint density at radius 2 is 2.20 bits per heavy atom. The maximum absolute atomic E-state index is 10.5. The van der Waals surface area contributed by atoms with Gasteiger partial charge in [-0.05, 0) is 18.8 Å². The molecule has 0 aromatic heterocycles. The number of hydrogen-bond acceptors (Lipinski definition) is 1. The molecule has 0 radical (unpaired) electrons. The van der Waals surface area contributed by atoms with Crippen LogP contribution in [-0.2, 0) is 4.79 Å². The van der Waals surface area contributed by atoms with E-state index in [9.17, 15) is 4.79 Å². The van der Waals surface area contributed by atoms with Crippen molar-refractivity contribution in [3.63, 3.8) is 0 Å². The fraction of sp³-hybridized carbons (Fsp3) is 0.875. The summed E-state index contributed by atoms with van der Waals surface area (Å²) in [7, 11) is 0. The number of rotatable bonds is 1. The summed E-state index contributed by atoms with van der Waals surface area (Å²) in [6, 6.07) is 0. The van der Waals surface area contributed by atoms with E-state index >= 15 is 0 Å². The minimum absolute atomic E-state index is 0.0521. The average Bonchev–Trinajstić information content (AvgIpc) is 1.88. The van der Waals surface area contributed by atoms with E-state index in [0.717, 1.165) is 19.3 Å². The Hall–Kier alpha value is -0.530. The first-order valence-electron chi connectivity index (χ1n) is 3.93. The average molecular weight is 142 g/mol. The van der Waals surface area contributed by atoms with E-state index in [2.05, 4.69) is 6.92 Å². The van der Waals surface area contributed by atoms with E-state index < -0.39 is 5.97 Å². The van der Waals surface area contributed by atoms with E-state index in [1.54, 1.807) is 0 Å². The van der Waals surface area contributed by atoms with Gasteiger partial charge in [-0.25, -0.2) is 0 Å². The first kappa shape index (κ1) is 7.58. The smallest absolute Gasteiger partial charge is 0.306 e.